The molecule has 0 aliphatic rings. The summed E-state index contributed by atoms with van der Waals surface area (Å²) >= 11 is 0. The number of nitrogens with one attached hydrogen (secondary N) is 2. The number of methoxy groups -OCH3 is 2. The van der Waals surface area contributed by atoms with E-state index in [0.717, 1.165) is 24.0 Å². The number of hydrogen-bond acceptors (Lipinski definition) is 4. The Morgan fingerprint density at radius 1 is 1.12 bits per heavy atom. The summed E-state index contributed by atoms with van der Waals surface area (Å²) in [5.74, 6) is 2.39. The Balaban J connectivity index is 0.00000576. The molecule has 6 nitrogen and oxygen atoms in total. The molecule has 0 saturated carbocycles. The molecule has 1 atom stereocenters. The quantitative estimate of drug-likeness (QED) is 0.334. The number of nitrogens with zero attached hydrogens (tertiary/aromatic N) is 1. The third-order valence-corrected chi connectivity index (χ3v) is 3.47. The number of benzene rings is 1. The summed E-state index contributed by atoms with van der Waals surface area (Å²) < 4.78 is 16.4. The predicted molar refractivity (Wildman–Crippen MR) is 114 cm³/mol. The fourth-order valence-corrected chi connectivity index (χ4v) is 1.84. The summed E-state index contributed by atoms with van der Waals surface area (Å²) in [5.41, 5.74) is -0.284. The number of rotatable bonds is 9. The average molecular weight is 465 g/mol. The Kier molecular flexibility index (Phi) is 11.6. The first-order valence-corrected chi connectivity index (χ1v) is 8.28. The largest absolute Gasteiger partial charge is 0.497 e. The van der Waals surface area contributed by atoms with Crippen molar-refractivity contribution in [1.82, 2.24) is 10.6 Å². The van der Waals surface area contributed by atoms with Crippen LogP contribution < -0.4 is 20.1 Å². The predicted octanol–water partition coefficient (Wildman–Crippen LogP) is 3.06. The maximum absolute atomic E-state index is 5.88. The maximum atomic E-state index is 5.88. The summed E-state index contributed by atoms with van der Waals surface area (Å²) in [5, 5.41) is 6.52. The minimum atomic E-state index is -0.284. The summed E-state index contributed by atoms with van der Waals surface area (Å²) in [6, 6.07) is 7.56. The van der Waals surface area contributed by atoms with E-state index < -0.39 is 0 Å². The van der Waals surface area contributed by atoms with E-state index in [1.54, 1.807) is 14.2 Å². The highest BCUT2D eigenvalue weighted by Crippen LogP contribution is 2.17. The molecule has 144 valence electrons. The van der Waals surface area contributed by atoms with E-state index in [1.165, 1.54) is 0 Å². The molecule has 0 fully saturated rings. The fraction of sp³-hybridized carbons (Fsp3) is 0.611. The molecular weight excluding hydrogens is 433 g/mol. The summed E-state index contributed by atoms with van der Waals surface area (Å²) in [6.45, 7) is 10.1. The van der Waals surface area contributed by atoms with Gasteiger partial charge < -0.3 is 24.8 Å². The molecule has 0 bridgehead atoms. The zero-order valence-corrected chi connectivity index (χ0v) is 18.4. The third kappa shape index (κ3) is 9.74. The van der Waals surface area contributed by atoms with Gasteiger partial charge in [0.05, 0.1) is 25.8 Å². The van der Waals surface area contributed by atoms with Crippen molar-refractivity contribution in [3.8, 4) is 11.5 Å². The number of aliphatic imine (C=N–C) groups is 1. The maximum Gasteiger partial charge on any atom is 0.191 e. The van der Waals surface area contributed by atoms with E-state index in [4.69, 9.17) is 14.2 Å². The molecule has 1 aromatic rings. The Morgan fingerprint density at radius 3 is 2.24 bits per heavy atom. The molecule has 1 aromatic carbocycles. The van der Waals surface area contributed by atoms with Crippen LogP contribution in [0.15, 0.2) is 29.3 Å². The van der Waals surface area contributed by atoms with Crippen LogP contribution in [-0.4, -0.2) is 51.5 Å². The zero-order valence-electron chi connectivity index (χ0n) is 16.1. The van der Waals surface area contributed by atoms with Crippen LogP contribution in [0.4, 0.5) is 0 Å². The van der Waals surface area contributed by atoms with Crippen LogP contribution in [0.1, 0.15) is 27.7 Å². The van der Waals surface area contributed by atoms with Crippen LogP contribution in [0.2, 0.25) is 0 Å². The van der Waals surface area contributed by atoms with Crippen LogP contribution in [0, 0.1) is 0 Å². The van der Waals surface area contributed by atoms with E-state index >= 15 is 0 Å². The normalized spacial score (nSPS) is 12.8. The number of guanidine groups is 1. The van der Waals surface area contributed by atoms with Gasteiger partial charge in [0.25, 0.3) is 0 Å². The molecule has 0 aromatic heterocycles. The van der Waals surface area contributed by atoms with Crippen LogP contribution >= 0.6 is 24.0 Å². The van der Waals surface area contributed by atoms with Crippen LogP contribution in [0.3, 0.4) is 0 Å². The molecule has 0 spiro atoms. The molecule has 2 N–H and O–H groups in total. The van der Waals surface area contributed by atoms with E-state index in [-0.39, 0.29) is 35.7 Å². The van der Waals surface area contributed by atoms with Gasteiger partial charge in [-0.15, -0.1) is 24.0 Å². The molecule has 0 heterocycles. The van der Waals surface area contributed by atoms with Crippen molar-refractivity contribution in [2.75, 3.05) is 33.9 Å². The first-order valence-electron chi connectivity index (χ1n) is 8.28. The second-order valence-corrected chi connectivity index (χ2v) is 6.14. The minimum absolute atomic E-state index is 0. The zero-order chi connectivity index (χ0) is 18.0. The van der Waals surface area contributed by atoms with E-state index in [0.29, 0.717) is 13.1 Å². The second-order valence-electron chi connectivity index (χ2n) is 6.14. The van der Waals surface area contributed by atoms with Gasteiger partial charge in [-0.05, 0) is 52.0 Å². The van der Waals surface area contributed by atoms with Crippen molar-refractivity contribution < 1.29 is 14.2 Å². The molecule has 0 aliphatic heterocycles. The third-order valence-electron chi connectivity index (χ3n) is 3.47. The smallest absolute Gasteiger partial charge is 0.191 e. The van der Waals surface area contributed by atoms with Crippen molar-refractivity contribution in [3.63, 3.8) is 0 Å². The van der Waals surface area contributed by atoms with Gasteiger partial charge in [0, 0.05) is 13.7 Å². The molecule has 1 rings (SSSR count). The molecular formula is C18H32IN3O3. The first-order chi connectivity index (χ1) is 11.4. The van der Waals surface area contributed by atoms with Gasteiger partial charge in [-0.2, -0.15) is 0 Å². The number of ether oxygens (including phenoxy) is 3. The van der Waals surface area contributed by atoms with Gasteiger partial charge >= 0.3 is 0 Å². The molecule has 25 heavy (non-hydrogen) atoms. The summed E-state index contributed by atoms with van der Waals surface area (Å²) in [7, 11) is 3.34. The molecule has 1 unspecified atom stereocenters. The highest BCUT2D eigenvalue weighted by atomic mass is 127. The lowest BCUT2D eigenvalue weighted by molar-refractivity contribution is 0.0310. The highest BCUT2D eigenvalue weighted by molar-refractivity contribution is 14.0. The molecule has 7 heteroatoms. The van der Waals surface area contributed by atoms with Gasteiger partial charge in [-0.25, -0.2) is 0 Å². The summed E-state index contributed by atoms with van der Waals surface area (Å²) in [6.07, 6.45) is -0.00214. The number of hydrogen-bond donors (Lipinski definition) is 2. The Hall–Kier alpha value is -1.22. The van der Waals surface area contributed by atoms with Crippen molar-refractivity contribution in [1.29, 1.82) is 0 Å². The Labute approximate surface area is 168 Å². The van der Waals surface area contributed by atoms with Crippen molar-refractivity contribution in [2.24, 2.45) is 4.99 Å². The molecule has 0 radical (unpaired) electrons. The van der Waals surface area contributed by atoms with Crippen LogP contribution in [0.5, 0.6) is 11.5 Å². The van der Waals surface area contributed by atoms with Gasteiger partial charge in [0.2, 0.25) is 0 Å². The van der Waals surface area contributed by atoms with E-state index in [1.807, 2.05) is 52.0 Å². The van der Waals surface area contributed by atoms with Crippen LogP contribution in [-0.2, 0) is 4.74 Å². The SMILES string of the molecule is CCNC(=NCC(C)(C)OC)NCC(C)Oc1ccc(OC)cc1.I. The molecule has 0 aliphatic carbocycles. The second kappa shape index (κ2) is 12.2. The van der Waals surface area contributed by atoms with E-state index in [2.05, 4.69) is 15.6 Å². The topological polar surface area (TPSA) is 64.1 Å². The number of halogens is 1. The van der Waals surface area contributed by atoms with Gasteiger partial charge in [-0.1, -0.05) is 0 Å². The van der Waals surface area contributed by atoms with E-state index in [9.17, 15) is 0 Å². The Bertz CT molecular complexity index is 507. The molecule has 0 saturated heterocycles. The summed E-state index contributed by atoms with van der Waals surface area (Å²) in [4.78, 5) is 4.55. The molecule has 0 amide bonds. The van der Waals surface area contributed by atoms with Gasteiger partial charge in [-0.3, -0.25) is 4.99 Å². The van der Waals surface area contributed by atoms with Crippen molar-refractivity contribution in [3.05, 3.63) is 24.3 Å². The van der Waals surface area contributed by atoms with Crippen LogP contribution in [0.25, 0.3) is 0 Å². The van der Waals surface area contributed by atoms with Crippen molar-refractivity contribution in [2.45, 2.75) is 39.4 Å². The lowest BCUT2D eigenvalue weighted by Gasteiger charge is -2.22. The van der Waals surface area contributed by atoms with Gasteiger partial charge in [0.15, 0.2) is 5.96 Å². The Morgan fingerprint density at radius 2 is 1.72 bits per heavy atom. The first kappa shape index (κ1) is 23.8. The lowest BCUT2D eigenvalue weighted by Crippen LogP contribution is -2.42. The monoisotopic (exact) mass is 465 g/mol. The minimum Gasteiger partial charge on any atom is -0.497 e. The fourth-order valence-electron chi connectivity index (χ4n) is 1.84. The van der Waals surface area contributed by atoms with Gasteiger partial charge in [0.1, 0.15) is 17.6 Å². The highest BCUT2D eigenvalue weighted by Gasteiger charge is 2.16. The van der Waals surface area contributed by atoms with Crippen molar-refractivity contribution >= 4 is 29.9 Å². The average Bonchev–Trinajstić information content (AvgIpc) is 2.58. The standard InChI is InChI=1S/C18H31N3O3.HI/c1-7-19-17(21-13-18(3,4)23-6)20-12-14(2)24-16-10-8-15(22-5)9-11-16;/h8-11,14H,7,12-13H2,1-6H3,(H2,19,20,21);1H. The lowest BCUT2D eigenvalue weighted by atomic mass is 10.1.